The Balaban J connectivity index is 4.04. The minimum atomic E-state index is -0.532. The van der Waals surface area contributed by atoms with Crippen molar-refractivity contribution in [3.63, 3.8) is 0 Å². The van der Waals surface area contributed by atoms with Crippen LogP contribution in [0.5, 0.6) is 0 Å². The summed E-state index contributed by atoms with van der Waals surface area (Å²) in [4.78, 5) is 25.3. The average molecular weight is 843 g/mol. The molecule has 352 valence electrons. The number of rotatable bonds is 49. The van der Waals surface area contributed by atoms with E-state index in [1.807, 2.05) is 0 Å². The van der Waals surface area contributed by atoms with Gasteiger partial charge in [-0.25, -0.2) is 0 Å². The molecule has 0 radical (unpaired) electrons. The van der Waals surface area contributed by atoms with Gasteiger partial charge in [0.15, 0.2) is 6.10 Å². The van der Waals surface area contributed by atoms with Crippen molar-refractivity contribution in [1.29, 1.82) is 0 Å². The van der Waals surface area contributed by atoms with Crippen molar-refractivity contribution >= 4 is 11.9 Å². The fourth-order valence-electron chi connectivity index (χ4n) is 7.65. The molecule has 0 fully saturated rings. The quantitative estimate of drug-likeness (QED) is 0.0347. The lowest BCUT2D eigenvalue weighted by Gasteiger charge is -2.18. The van der Waals surface area contributed by atoms with Crippen LogP contribution in [0.3, 0.4) is 0 Å². The van der Waals surface area contributed by atoms with Crippen molar-refractivity contribution in [1.82, 2.24) is 0 Å². The second kappa shape index (κ2) is 51.5. The van der Waals surface area contributed by atoms with Gasteiger partial charge in [-0.2, -0.15) is 0 Å². The van der Waals surface area contributed by atoms with Crippen LogP contribution in [-0.2, 0) is 23.8 Å². The Hall–Kier alpha value is -1.88. The first kappa shape index (κ1) is 58.1. The van der Waals surface area contributed by atoms with Crippen LogP contribution >= 0.6 is 0 Å². The highest BCUT2D eigenvalue weighted by Crippen LogP contribution is 2.15. The molecule has 5 heteroatoms. The summed E-state index contributed by atoms with van der Waals surface area (Å²) in [7, 11) is 0. The van der Waals surface area contributed by atoms with E-state index in [0.717, 1.165) is 44.9 Å². The van der Waals surface area contributed by atoms with Crippen LogP contribution in [-0.4, -0.2) is 37.9 Å². The fourth-order valence-corrected chi connectivity index (χ4v) is 7.65. The van der Waals surface area contributed by atoms with Crippen molar-refractivity contribution in [3.05, 3.63) is 36.5 Å². The van der Waals surface area contributed by atoms with Gasteiger partial charge in [-0.15, -0.1) is 0 Å². The number of unbranched alkanes of at least 4 members (excludes halogenated alkanes) is 32. The number of carbonyl (C=O) groups is 2. The third kappa shape index (κ3) is 48.8. The van der Waals surface area contributed by atoms with E-state index in [1.54, 1.807) is 0 Å². The first-order valence-corrected chi connectivity index (χ1v) is 26.5. The van der Waals surface area contributed by atoms with E-state index >= 15 is 0 Å². The van der Waals surface area contributed by atoms with Crippen LogP contribution in [0.4, 0.5) is 0 Å². The van der Waals surface area contributed by atoms with Gasteiger partial charge in [0.1, 0.15) is 6.61 Å². The molecule has 1 unspecified atom stereocenters. The Morgan fingerprint density at radius 3 is 1.15 bits per heavy atom. The van der Waals surface area contributed by atoms with Crippen LogP contribution in [0.25, 0.3) is 0 Å². The van der Waals surface area contributed by atoms with Gasteiger partial charge in [0, 0.05) is 19.4 Å². The SMILES string of the molecule is CCCCC/C=C\C/C=C\CCCCCCCCCCCC(=O)OCC(COCCCCCCCC)OC(=O)CCCCCCCCCCC/C=C\CCCCCCCC. The lowest BCUT2D eigenvalue weighted by molar-refractivity contribution is -0.163. The summed E-state index contributed by atoms with van der Waals surface area (Å²) in [5.41, 5.74) is 0. The molecule has 0 saturated carbocycles. The maximum atomic E-state index is 12.7. The molecule has 0 N–H and O–H groups in total. The number of ether oxygens (including phenoxy) is 3. The van der Waals surface area contributed by atoms with Gasteiger partial charge < -0.3 is 14.2 Å². The zero-order chi connectivity index (χ0) is 43.5. The van der Waals surface area contributed by atoms with Crippen molar-refractivity contribution in [2.24, 2.45) is 0 Å². The molecule has 0 aliphatic carbocycles. The van der Waals surface area contributed by atoms with E-state index in [1.165, 1.54) is 199 Å². The molecule has 5 nitrogen and oxygen atoms in total. The first-order valence-electron chi connectivity index (χ1n) is 26.5. The third-order valence-electron chi connectivity index (χ3n) is 11.6. The van der Waals surface area contributed by atoms with E-state index in [-0.39, 0.29) is 25.2 Å². The molecule has 0 amide bonds. The molecule has 60 heavy (non-hydrogen) atoms. The molecule has 0 spiro atoms. The molecule has 0 aliphatic rings. The maximum absolute atomic E-state index is 12.7. The van der Waals surface area contributed by atoms with E-state index in [9.17, 15) is 9.59 Å². The molecule has 0 bridgehead atoms. The highest BCUT2D eigenvalue weighted by molar-refractivity contribution is 5.70. The first-order chi connectivity index (χ1) is 29.6. The van der Waals surface area contributed by atoms with E-state index < -0.39 is 6.10 Å². The maximum Gasteiger partial charge on any atom is 0.306 e. The number of esters is 2. The molecule has 0 aliphatic heterocycles. The fraction of sp³-hybridized carbons (Fsp3) is 0.855. The summed E-state index contributed by atoms with van der Waals surface area (Å²) < 4.78 is 17.3. The van der Waals surface area contributed by atoms with Crippen molar-refractivity contribution in [2.75, 3.05) is 19.8 Å². The van der Waals surface area contributed by atoms with Gasteiger partial charge >= 0.3 is 11.9 Å². The highest BCUT2D eigenvalue weighted by Gasteiger charge is 2.17. The smallest absolute Gasteiger partial charge is 0.306 e. The van der Waals surface area contributed by atoms with Crippen LogP contribution in [0, 0.1) is 0 Å². The molecule has 0 aromatic heterocycles. The van der Waals surface area contributed by atoms with Gasteiger partial charge in [-0.3, -0.25) is 9.59 Å². The Bertz CT molecular complexity index is 955. The summed E-state index contributed by atoms with van der Waals surface area (Å²) >= 11 is 0. The minimum Gasteiger partial charge on any atom is -0.462 e. The van der Waals surface area contributed by atoms with Gasteiger partial charge in [0.05, 0.1) is 6.61 Å². The van der Waals surface area contributed by atoms with Gasteiger partial charge in [0.25, 0.3) is 0 Å². The zero-order valence-electron chi connectivity index (χ0n) is 40.5. The molecule has 1 atom stereocenters. The topological polar surface area (TPSA) is 61.8 Å². The Labute approximate surface area is 374 Å². The third-order valence-corrected chi connectivity index (χ3v) is 11.6. The Morgan fingerprint density at radius 1 is 0.367 bits per heavy atom. The zero-order valence-corrected chi connectivity index (χ0v) is 40.5. The number of hydrogen-bond donors (Lipinski definition) is 0. The molecule has 0 aromatic rings. The van der Waals surface area contributed by atoms with Crippen molar-refractivity contribution in [3.8, 4) is 0 Å². The largest absolute Gasteiger partial charge is 0.462 e. The molecular formula is C55H102O5. The van der Waals surface area contributed by atoms with Crippen LogP contribution in [0.15, 0.2) is 36.5 Å². The monoisotopic (exact) mass is 843 g/mol. The van der Waals surface area contributed by atoms with Crippen LogP contribution < -0.4 is 0 Å². The van der Waals surface area contributed by atoms with E-state index in [4.69, 9.17) is 14.2 Å². The van der Waals surface area contributed by atoms with E-state index in [0.29, 0.717) is 19.4 Å². The molecule has 0 heterocycles. The summed E-state index contributed by atoms with van der Waals surface area (Å²) in [6.07, 6.45) is 61.7. The van der Waals surface area contributed by atoms with Crippen molar-refractivity contribution < 1.29 is 23.8 Å². The Morgan fingerprint density at radius 2 is 0.700 bits per heavy atom. The van der Waals surface area contributed by atoms with Gasteiger partial charge in [0.2, 0.25) is 0 Å². The number of hydrogen-bond acceptors (Lipinski definition) is 5. The highest BCUT2D eigenvalue weighted by atomic mass is 16.6. The molecule has 0 aromatic carbocycles. The number of allylic oxidation sites excluding steroid dienone is 6. The van der Waals surface area contributed by atoms with E-state index in [2.05, 4.69) is 57.2 Å². The van der Waals surface area contributed by atoms with Crippen LogP contribution in [0.1, 0.15) is 278 Å². The minimum absolute atomic E-state index is 0.0858. The van der Waals surface area contributed by atoms with Crippen LogP contribution in [0.2, 0.25) is 0 Å². The Kier molecular flexibility index (Phi) is 49.9. The molecule has 0 rings (SSSR count). The molecular weight excluding hydrogens is 741 g/mol. The predicted octanol–water partition coefficient (Wildman–Crippen LogP) is 17.8. The lowest BCUT2D eigenvalue weighted by Crippen LogP contribution is -2.30. The summed E-state index contributed by atoms with van der Waals surface area (Å²) in [5.74, 6) is -0.395. The van der Waals surface area contributed by atoms with Gasteiger partial charge in [-0.1, -0.05) is 224 Å². The standard InChI is InChI=1S/C55H102O5/c1-4-7-10-13-16-18-20-22-24-26-28-30-32-34-36-38-40-42-45-48-54(56)59-52-53(51-58-50-47-44-15-12-9-6-3)60-55(57)49-46-43-41-39-37-35-33-31-29-27-25-23-21-19-17-14-11-8-5-2/h16,18,22-25,53H,4-15,17,19-21,26-52H2,1-3H3/b18-16-,24-22-,25-23-. The number of carbonyl (C=O) groups excluding carboxylic acids is 2. The summed E-state index contributed by atoms with van der Waals surface area (Å²) in [6.45, 7) is 7.80. The van der Waals surface area contributed by atoms with Crippen molar-refractivity contribution in [2.45, 2.75) is 284 Å². The average Bonchev–Trinajstić information content (AvgIpc) is 3.25. The molecule has 0 saturated heterocycles. The second-order valence-corrected chi connectivity index (χ2v) is 17.8. The summed E-state index contributed by atoms with van der Waals surface area (Å²) in [6, 6.07) is 0. The normalized spacial score (nSPS) is 12.4. The second-order valence-electron chi connectivity index (χ2n) is 17.8. The lowest BCUT2D eigenvalue weighted by atomic mass is 10.1. The van der Waals surface area contributed by atoms with Gasteiger partial charge in [-0.05, 0) is 77.0 Å². The summed E-state index contributed by atoms with van der Waals surface area (Å²) in [5, 5.41) is 0. The predicted molar refractivity (Wildman–Crippen MR) is 261 cm³/mol.